The van der Waals surface area contributed by atoms with Gasteiger partial charge in [-0.2, -0.15) is 5.10 Å². The van der Waals surface area contributed by atoms with Crippen LogP contribution in [0.15, 0.2) is 35.5 Å². The Morgan fingerprint density at radius 3 is 2.90 bits per heavy atom. The van der Waals surface area contributed by atoms with Gasteiger partial charge in [0.1, 0.15) is 12.4 Å². The number of nitrogens with zero attached hydrogens (tertiary/aromatic N) is 3. The molecule has 0 bridgehead atoms. The van der Waals surface area contributed by atoms with E-state index in [-0.39, 0.29) is 5.84 Å². The zero-order valence-corrected chi connectivity index (χ0v) is 11.6. The summed E-state index contributed by atoms with van der Waals surface area (Å²) in [5, 5.41) is 16.1. The second-order valence-electron chi connectivity index (χ2n) is 4.36. The van der Waals surface area contributed by atoms with Gasteiger partial charge in [0.2, 0.25) is 0 Å². The Kier molecular flexibility index (Phi) is 4.24. The summed E-state index contributed by atoms with van der Waals surface area (Å²) in [5.74, 6) is 0.602. The molecule has 2 rings (SSSR count). The smallest absolute Gasteiger partial charge is 0.173 e. The van der Waals surface area contributed by atoms with Gasteiger partial charge in [0.05, 0.1) is 17.0 Å². The maximum atomic E-state index is 8.78. The van der Waals surface area contributed by atoms with Crippen molar-refractivity contribution in [2.45, 2.75) is 27.0 Å². The van der Waals surface area contributed by atoms with Gasteiger partial charge in [0, 0.05) is 6.54 Å². The molecular weight excluding hydrogens is 256 g/mol. The molecule has 0 atom stereocenters. The number of benzene rings is 1. The molecule has 1 heterocycles. The monoisotopic (exact) mass is 274 g/mol. The molecule has 0 unspecified atom stereocenters. The van der Waals surface area contributed by atoms with Gasteiger partial charge in [-0.3, -0.25) is 4.68 Å². The molecule has 0 saturated heterocycles. The van der Waals surface area contributed by atoms with Gasteiger partial charge in [-0.15, -0.1) is 0 Å². The fraction of sp³-hybridized carbons (Fsp3) is 0.286. The van der Waals surface area contributed by atoms with E-state index in [1.165, 1.54) is 0 Å². The lowest BCUT2D eigenvalue weighted by Crippen LogP contribution is -2.15. The average Bonchev–Trinajstić information content (AvgIpc) is 2.84. The van der Waals surface area contributed by atoms with E-state index in [0.717, 1.165) is 17.9 Å². The molecule has 0 spiro atoms. The van der Waals surface area contributed by atoms with Gasteiger partial charge < -0.3 is 15.7 Å². The molecular formula is C14H18N4O2. The highest BCUT2D eigenvalue weighted by Gasteiger charge is 2.09. The van der Waals surface area contributed by atoms with E-state index in [2.05, 4.69) is 10.3 Å². The third kappa shape index (κ3) is 2.90. The van der Waals surface area contributed by atoms with Crippen LogP contribution in [0.25, 0.3) is 0 Å². The molecule has 0 amide bonds. The first-order chi connectivity index (χ1) is 9.65. The summed E-state index contributed by atoms with van der Waals surface area (Å²) >= 11 is 0. The number of para-hydroxylation sites is 1. The summed E-state index contributed by atoms with van der Waals surface area (Å²) in [7, 11) is 0. The van der Waals surface area contributed by atoms with Crippen LogP contribution in [0, 0.1) is 6.92 Å². The molecule has 3 N–H and O–H groups in total. The van der Waals surface area contributed by atoms with E-state index in [0.29, 0.717) is 17.9 Å². The predicted molar refractivity (Wildman–Crippen MR) is 75.9 cm³/mol. The second-order valence-corrected chi connectivity index (χ2v) is 4.36. The van der Waals surface area contributed by atoms with E-state index < -0.39 is 0 Å². The Bertz CT molecular complexity index is 619. The van der Waals surface area contributed by atoms with Crippen molar-refractivity contribution in [3.8, 4) is 5.75 Å². The molecule has 0 aliphatic carbocycles. The average molecular weight is 274 g/mol. The Morgan fingerprint density at radius 2 is 2.20 bits per heavy atom. The lowest BCUT2D eigenvalue weighted by Gasteiger charge is -2.11. The molecule has 2 aromatic rings. The zero-order valence-electron chi connectivity index (χ0n) is 11.6. The topological polar surface area (TPSA) is 85.7 Å². The number of ether oxygens (including phenoxy) is 1. The minimum atomic E-state index is 0.0285. The molecule has 106 valence electrons. The third-order valence-corrected chi connectivity index (χ3v) is 2.93. The summed E-state index contributed by atoms with van der Waals surface area (Å²) in [5.41, 5.74) is 8.13. The summed E-state index contributed by atoms with van der Waals surface area (Å²) in [6.07, 6.45) is 0. The number of aromatic nitrogens is 2. The highest BCUT2D eigenvalue weighted by molar-refractivity contribution is 5.99. The molecule has 0 aliphatic heterocycles. The largest absolute Gasteiger partial charge is 0.487 e. The number of nitrogens with two attached hydrogens (primary N) is 1. The Labute approximate surface area is 117 Å². The van der Waals surface area contributed by atoms with Crippen LogP contribution in [-0.4, -0.2) is 20.8 Å². The lowest BCUT2D eigenvalue weighted by atomic mass is 10.2. The van der Waals surface area contributed by atoms with E-state index in [1.54, 1.807) is 18.2 Å². The standard InChI is InChI=1S/C14H18N4O2/c1-3-18-11(8-10(2)16-18)9-20-13-7-5-4-6-12(13)14(15)17-19/h4-8,19H,3,9H2,1-2H3,(H2,15,17). The van der Waals surface area contributed by atoms with Gasteiger partial charge >= 0.3 is 0 Å². The third-order valence-electron chi connectivity index (χ3n) is 2.93. The SMILES string of the molecule is CCn1nc(C)cc1COc1ccccc1C(N)=NO. The normalized spacial score (nSPS) is 11.6. The van der Waals surface area contributed by atoms with Crippen molar-refractivity contribution in [3.05, 3.63) is 47.3 Å². The number of oxime groups is 1. The molecule has 1 aromatic heterocycles. The van der Waals surface area contributed by atoms with Gasteiger partial charge in [-0.25, -0.2) is 0 Å². The highest BCUT2D eigenvalue weighted by atomic mass is 16.5. The van der Waals surface area contributed by atoms with Crippen molar-refractivity contribution in [3.63, 3.8) is 0 Å². The van der Waals surface area contributed by atoms with Gasteiger partial charge in [-0.05, 0) is 32.0 Å². The van der Waals surface area contributed by atoms with Crippen LogP contribution in [0.4, 0.5) is 0 Å². The number of rotatable bonds is 5. The molecule has 0 aliphatic rings. The van der Waals surface area contributed by atoms with Crippen molar-refractivity contribution >= 4 is 5.84 Å². The first kappa shape index (κ1) is 13.9. The van der Waals surface area contributed by atoms with Crippen LogP contribution in [0.5, 0.6) is 5.75 Å². The number of hydrogen-bond donors (Lipinski definition) is 2. The van der Waals surface area contributed by atoms with Crippen molar-refractivity contribution in [2.24, 2.45) is 10.9 Å². The van der Waals surface area contributed by atoms with Crippen LogP contribution < -0.4 is 10.5 Å². The molecule has 6 heteroatoms. The molecule has 0 fully saturated rings. The fourth-order valence-corrected chi connectivity index (χ4v) is 2.00. The molecule has 6 nitrogen and oxygen atoms in total. The summed E-state index contributed by atoms with van der Waals surface area (Å²) in [6.45, 7) is 5.14. The zero-order chi connectivity index (χ0) is 14.5. The van der Waals surface area contributed by atoms with Crippen molar-refractivity contribution in [2.75, 3.05) is 0 Å². The van der Waals surface area contributed by atoms with Gasteiger partial charge in [-0.1, -0.05) is 17.3 Å². The minimum Gasteiger partial charge on any atom is -0.487 e. The van der Waals surface area contributed by atoms with Crippen LogP contribution in [0.1, 0.15) is 23.9 Å². The molecule has 20 heavy (non-hydrogen) atoms. The Morgan fingerprint density at radius 1 is 1.45 bits per heavy atom. The fourth-order valence-electron chi connectivity index (χ4n) is 2.00. The number of hydrogen-bond acceptors (Lipinski definition) is 4. The summed E-state index contributed by atoms with van der Waals surface area (Å²) < 4.78 is 7.66. The first-order valence-corrected chi connectivity index (χ1v) is 6.38. The van der Waals surface area contributed by atoms with Crippen molar-refractivity contribution in [1.82, 2.24) is 9.78 Å². The maximum Gasteiger partial charge on any atom is 0.173 e. The van der Waals surface area contributed by atoms with Crippen LogP contribution >= 0.6 is 0 Å². The predicted octanol–water partition coefficient (Wildman–Crippen LogP) is 1.88. The number of aryl methyl sites for hydroxylation is 2. The quantitative estimate of drug-likeness (QED) is 0.377. The Balaban J connectivity index is 2.19. The Hall–Kier alpha value is -2.50. The van der Waals surface area contributed by atoms with Gasteiger partial charge in [0.25, 0.3) is 0 Å². The van der Waals surface area contributed by atoms with E-state index in [9.17, 15) is 0 Å². The highest BCUT2D eigenvalue weighted by Crippen LogP contribution is 2.19. The van der Waals surface area contributed by atoms with E-state index in [1.807, 2.05) is 30.7 Å². The molecule has 1 aromatic carbocycles. The summed E-state index contributed by atoms with van der Waals surface area (Å²) in [6, 6.07) is 9.15. The lowest BCUT2D eigenvalue weighted by molar-refractivity contribution is 0.290. The maximum absolute atomic E-state index is 8.78. The number of amidine groups is 1. The van der Waals surface area contributed by atoms with Crippen molar-refractivity contribution in [1.29, 1.82) is 0 Å². The molecule has 0 radical (unpaired) electrons. The molecule has 0 saturated carbocycles. The minimum absolute atomic E-state index is 0.0285. The summed E-state index contributed by atoms with van der Waals surface area (Å²) in [4.78, 5) is 0. The van der Waals surface area contributed by atoms with Crippen LogP contribution in [0.3, 0.4) is 0 Å². The van der Waals surface area contributed by atoms with Gasteiger partial charge in [0.15, 0.2) is 5.84 Å². The van der Waals surface area contributed by atoms with Crippen LogP contribution in [-0.2, 0) is 13.2 Å². The first-order valence-electron chi connectivity index (χ1n) is 6.38. The van der Waals surface area contributed by atoms with E-state index >= 15 is 0 Å². The van der Waals surface area contributed by atoms with E-state index in [4.69, 9.17) is 15.7 Å². The second kappa shape index (κ2) is 6.10. The van der Waals surface area contributed by atoms with Crippen LogP contribution in [0.2, 0.25) is 0 Å². The van der Waals surface area contributed by atoms with Crippen molar-refractivity contribution < 1.29 is 9.94 Å².